The molecule has 3 rings (SSSR count). The second-order valence-electron chi connectivity index (χ2n) is 10.3. The van der Waals surface area contributed by atoms with Crippen LogP contribution in [0.1, 0.15) is 46.6 Å². The van der Waals surface area contributed by atoms with Crippen LogP contribution in [0, 0.1) is 5.92 Å². The molecule has 1 atom stereocenters. The number of carbonyl (C=O) groups excluding carboxylic acids is 2. The number of rotatable bonds is 10. The van der Waals surface area contributed by atoms with Gasteiger partial charge in [-0.2, -0.15) is 13.9 Å². The lowest BCUT2D eigenvalue weighted by molar-refractivity contribution is -0.118. The summed E-state index contributed by atoms with van der Waals surface area (Å²) in [5.41, 5.74) is 1.54. The number of ether oxygens (including phenoxy) is 2. The van der Waals surface area contributed by atoms with Gasteiger partial charge in [-0.1, -0.05) is 44.2 Å². The number of anilines is 1. The first-order valence-electron chi connectivity index (χ1n) is 12.4. The van der Waals surface area contributed by atoms with Crippen LogP contribution in [-0.4, -0.2) is 40.0 Å². The zero-order valence-corrected chi connectivity index (χ0v) is 22.2. The molecule has 204 valence electrons. The van der Waals surface area contributed by atoms with Gasteiger partial charge in [-0.25, -0.2) is 4.79 Å². The number of hydrogen-bond acceptors (Lipinski definition) is 5. The summed E-state index contributed by atoms with van der Waals surface area (Å²) >= 11 is 0. The van der Waals surface area contributed by atoms with Gasteiger partial charge < -0.3 is 20.1 Å². The van der Waals surface area contributed by atoms with Crippen molar-refractivity contribution in [2.24, 2.45) is 5.92 Å². The zero-order valence-electron chi connectivity index (χ0n) is 22.2. The van der Waals surface area contributed by atoms with Crippen molar-refractivity contribution in [3.05, 3.63) is 66.5 Å². The molecule has 0 bridgehead atoms. The van der Waals surface area contributed by atoms with Crippen LogP contribution in [0.4, 0.5) is 19.3 Å². The topological polar surface area (TPSA) is 94.5 Å². The van der Waals surface area contributed by atoms with Crippen LogP contribution in [0.3, 0.4) is 0 Å². The molecule has 8 nitrogen and oxygen atoms in total. The van der Waals surface area contributed by atoms with E-state index in [4.69, 9.17) is 9.47 Å². The molecule has 2 N–H and O–H groups in total. The van der Waals surface area contributed by atoms with Gasteiger partial charge in [0.1, 0.15) is 17.4 Å². The molecule has 0 aliphatic carbocycles. The van der Waals surface area contributed by atoms with E-state index >= 15 is 0 Å². The van der Waals surface area contributed by atoms with Crippen LogP contribution < -0.4 is 15.4 Å². The molecule has 0 saturated carbocycles. The largest absolute Gasteiger partial charge is 0.444 e. The van der Waals surface area contributed by atoms with E-state index in [1.807, 2.05) is 44.2 Å². The Balaban J connectivity index is 1.80. The number of nitrogens with zero attached hydrogens (tertiary/aromatic N) is 2. The van der Waals surface area contributed by atoms with Crippen LogP contribution in [0.25, 0.3) is 11.1 Å². The van der Waals surface area contributed by atoms with Crippen molar-refractivity contribution in [1.82, 2.24) is 15.1 Å². The van der Waals surface area contributed by atoms with Gasteiger partial charge in [0.05, 0.1) is 12.7 Å². The molecule has 0 radical (unpaired) electrons. The third-order valence-corrected chi connectivity index (χ3v) is 5.31. The Labute approximate surface area is 221 Å². The van der Waals surface area contributed by atoms with Gasteiger partial charge in [0.15, 0.2) is 0 Å². The van der Waals surface area contributed by atoms with E-state index in [9.17, 15) is 18.4 Å². The highest BCUT2D eigenvalue weighted by Crippen LogP contribution is 2.34. The zero-order chi connectivity index (χ0) is 27.9. The molecular weight excluding hydrogens is 494 g/mol. The normalized spacial score (nSPS) is 12.3. The number of halogens is 2. The van der Waals surface area contributed by atoms with Crippen molar-refractivity contribution in [2.75, 3.05) is 5.32 Å². The summed E-state index contributed by atoms with van der Waals surface area (Å²) in [7, 11) is 0. The van der Waals surface area contributed by atoms with E-state index in [2.05, 4.69) is 15.7 Å². The SMILES string of the molecule is CC(C)C[C@@H](NC(=O)OC(C)(C)C)C(=O)Nc1ccc(-c2cnn(Cc3ccccc3)c2)c(OC(F)F)c1. The second kappa shape index (κ2) is 12.5. The molecule has 0 fully saturated rings. The molecule has 38 heavy (non-hydrogen) atoms. The smallest absolute Gasteiger partial charge is 0.408 e. The monoisotopic (exact) mass is 528 g/mol. The highest BCUT2D eigenvalue weighted by Gasteiger charge is 2.26. The molecule has 1 heterocycles. The Morgan fingerprint density at radius 2 is 1.79 bits per heavy atom. The Bertz CT molecular complexity index is 1220. The Morgan fingerprint density at radius 1 is 1.08 bits per heavy atom. The minimum absolute atomic E-state index is 0.0909. The minimum Gasteiger partial charge on any atom is -0.444 e. The van der Waals surface area contributed by atoms with E-state index in [-0.39, 0.29) is 17.4 Å². The molecule has 2 amide bonds. The van der Waals surface area contributed by atoms with Crippen LogP contribution in [0.5, 0.6) is 5.75 Å². The quantitative estimate of drug-likeness (QED) is 0.333. The highest BCUT2D eigenvalue weighted by molar-refractivity contribution is 5.97. The van der Waals surface area contributed by atoms with Crippen molar-refractivity contribution in [2.45, 2.75) is 65.8 Å². The predicted molar refractivity (Wildman–Crippen MR) is 141 cm³/mol. The van der Waals surface area contributed by atoms with Crippen molar-refractivity contribution in [3.63, 3.8) is 0 Å². The number of carbonyl (C=O) groups is 2. The van der Waals surface area contributed by atoms with Crippen molar-refractivity contribution in [1.29, 1.82) is 0 Å². The van der Waals surface area contributed by atoms with Crippen molar-refractivity contribution in [3.8, 4) is 16.9 Å². The summed E-state index contributed by atoms with van der Waals surface area (Å²) in [6, 6.07) is 13.3. The molecule has 10 heteroatoms. The Kier molecular flexibility index (Phi) is 9.44. The fraction of sp³-hybridized carbons (Fsp3) is 0.393. The number of nitrogens with one attached hydrogen (secondary N) is 2. The number of aromatic nitrogens is 2. The molecular formula is C28H34F2N4O4. The van der Waals surface area contributed by atoms with E-state index in [0.717, 1.165) is 5.56 Å². The molecule has 0 aliphatic rings. The summed E-state index contributed by atoms with van der Waals surface area (Å²) in [6.45, 7) is 6.45. The first-order chi connectivity index (χ1) is 17.9. The van der Waals surface area contributed by atoms with Crippen LogP contribution >= 0.6 is 0 Å². The van der Waals surface area contributed by atoms with Gasteiger partial charge in [-0.05, 0) is 50.8 Å². The average Bonchev–Trinajstić information content (AvgIpc) is 3.25. The summed E-state index contributed by atoms with van der Waals surface area (Å²) in [5, 5.41) is 9.62. The van der Waals surface area contributed by atoms with Crippen molar-refractivity contribution >= 4 is 17.7 Å². The number of benzene rings is 2. The Hall–Kier alpha value is -3.95. The van der Waals surface area contributed by atoms with Gasteiger partial charge in [0.2, 0.25) is 5.91 Å². The predicted octanol–water partition coefficient (Wildman–Crippen LogP) is 6.08. The standard InChI is InChI=1S/C28H34F2N4O4/c1-18(2)13-23(33-27(36)38-28(3,4)5)25(35)32-21-11-12-22(24(14-21)37-26(29)30)20-15-31-34(17-20)16-19-9-7-6-8-10-19/h6-12,14-15,17-18,23,26H,13,16H2,1-5H3,(H,32,35)(H,33,36)/t23-/m1/s1. The number of alkyl carbamates (subject to hydrolysis) is 1. The van der Waals surface area contributed by atoms with Crippen molar-refractivity contribution < 1.29 is 27.8 Å². The number of alkyl halides is 2. The molecule has 0 spiro atoms. The lowest BCUT2D eigenvalue weighted by Crippen LogP contribution is -2.46. The van der Waals surface area contributed by atoms with Gasteiger partial charge in [0, 0.05) is 29.1 Å². The van der Waals surface area contributed by atoms with Gasteiger partial charge in [-0.3, -0.25) is 9.48 Å². The molecule has 1 aromatic heterocycles. The minimum atomic E-state index is -3.07. The maximum absolute atomic E-state index is 13.3. The van der Waals surface area contributed by atoms with E-state index in [1.54, 1.807) is 50.0 Å². The Morgan fingerprint density at radius 3 is 2.42 bits per heavy atom. The van der Waals surface area contributed by atoms with E-state index < -0.39 is 30.3 Å². The summed E-state index contributed by atoms with van der Waals surface area (Å²) < 4.78 is 38.3. The fourth-order valence-corrected chi connectivity index (χ4v) is 3.77. The van der Waals surface area contributed by atoms with E-state index in [0.29, 0.717) is 24.1 Å². The first-order valence-corrected chi connectivity index (χ1v) is 12.4. The average molecular weight is 529 g/mol. The fourth-order valence-electron chi connectivity index (χ4n) is 3.77. The third kappa shape index (κ3) is 8.86. The maximum atomic E-state index is 13.3. The van der Waals surface area contributed by atoms with Gasteiger partial charge >= 0.3 is 12.7 Å². The molecule has 3 aromatic rings. The maximum Gasteiger partial charge on any atom is 0.408 e. The van der Waals surface area contributed by atoms with Crippen LogP contribution in [0.2, 0.25) is 0 Å². The lowest BCUT2D eigenvalue weighted by atomic mass is 10.0. The van der Waals surface area contributed by atoms with Gasteiger partial charge in [0.25, 0.3) is 0 Å². The van der Waals surface area contributed by atoms with Gasteiger partial charge in [-0.15, -0.1) is 0 Å². The molecule has 0 unspecified atom stereocenters. The first kappa shape index (κ1) is 28.6. The molecule has 0 aliphatic heterocycles. The summed E-state index contributed by atoms with van der Waals surface area (Å²) in [5.74, 6) is -0.526. The van der Waals surface area contributed by atoms with E-state index in [1.165, 1.54) is 6.07 Å². The third-order valence-electron chi connectivity index (χ3n) is 5.31. The summed E-state index contributed by atoms with van der Waals surface area (Å²) in [4.78, 5) is 25.3. The summed E-state index contributed by atoms with van der Waals surface area (Å²) in [6.07, 6.45) is 2.94. The van der Waals surface area contributed by atoms with Crippen LogP contribution in [0.15, 0.2) is 60.9 Å². The molecule has 2 aromatic carbocycles. The number of amides is 2. The van der Waals surface area contributed by atoms with Crippen LogP contribution in [-0.2, 0) is 16.1 Å². The highest BCUT2D eigenvalue weighted by atomic mass is 19.3. The second-order valence-corrected chi connectivity index (χ2v) is 10.3. The lowest BCUT2D eigenvalue weighted by Gasteiger charge is -2.24. The molecule has 0 saturated heterocycles. The number of hydrogen-bond donors (Lipinski definition) is 2.